The molecule has 1 aliphatic rings. The smallest absolute Gasteiger partial charge is 0.145 e. The summed E-state index contributed by atoms with van der Waals surface area (Å²) in [7, 11) is 0. The molecule has 2 aromatic rings. The number of nitrogens with one attached hydrogen (secondary N) is 1. The van der Waals surface area contributed by atoms with Crippen LogP contribution in [-0.4, -0.2) is 10.2 Å². The number of nitrogens with two attached hydrogens (primary N) is 1. The van der Waals surface area contributed by atoms with E-state index in [1.807, 2.05) is 6.07 Å². The summed E-state index contributed by atoms with van der Waals surface area (Å²) in [6.07, 6.45) is 1.20. The second kappa shape index (κ2) is 3.12. The lowest BCUT2D eigenvalue weighted by Crippen LogP contribution is -1.84. The zero-order chi connectivity index (χ0) is 10.3. The molecule has 15 heavy (non-hydrogen) atoms. The number of nitrogens with zero attached hydrogens (tertiary/aromatic N) is 1. The van der Waals surface area contributed by atoms with Gasteiger partial charge in [0, 0.05) is 17.7 Å². The average molecular weight is 199 g/mol. The first kappa shape index (κ1) is 8.53. The summed E-state index contributed by atoms with van der Waals surface area (Å²) in [6, 6.07) is 12.5. The number of anilines is 1. The van der Waals surface area contributed by atoms with Crippen LogP contribution < -0.4 is 5.73 Å². The second-order valence-corrected chi connectivity index (χ2v) is 4.11. The molecule has 1 saturated carbocycles. The molecule has 2 atom stereocenters. The summed E-state index contributed by atoms with van der Waals surface area (Å²) >= 11 is 0. The minimum Gasteiger partial charge on any atom is -0.382 e. The quantitative estimate of drug-likeness (QED) is 0.779. The number of hydrogen-bond acceptors (Lipinski definition) is 2. The lowest BCUT2D eigenvalue weighted by Gasteiger charge is -1.97. The Hall–Kier alpha value is -1.77. The Balaban J connectivity index is 1.80. The van der Waals surface area contributed by atoms with Gasteiger partial charge in [-0.25, -0.2) is 0 Å². The van der Waals surface area contributed by atoms with Gasteiger partial charge < -0.3 is 5.73 Å². The van der Waals surface area contributed by atoms with E-state index in [-0.39, 0.29) is 0 Å². The highest BCUT2D eigenvalue weighted by molar-refractivity contribution is 5.38. The molecule has 3 heteroatoms. The van der Waals surface area contributed by atoms with Gasteiger partial charge >= 0.3 is 0 Å². The fourth-order valence-electron chi connectivity index (χ4n) is 2.15. The van der Waals surface area contributed by atoms with Crippen molar-refractivity contribution in [3.63, 3.8) is 0 Å². The summed E-state index contributed by atoms with van der Waals surface area (Å²) in [5.74, 6) is 1.81. The molecule has 0 bridgehead atoms. The van der Waals surface area contributed by atoms with E-state index in [0.29, 0.717) is 17.7 Å². The molecule has 0 spiro atoms. The Kier molecular flexibility index (Phi) is 1.78. The number of rotatable bonds is 2. The minimum absolute atomic E-state index is 0.581. The van der Waals surface area contributed by atoms with E-state index in [1.165, 1.54) is 17.7 Å². The number of H-pyrrole nitrogens is 1. The third kappa shape index (κ3) is 1.50. The molecule has 1 aliphatic carbocycles. The van der Waals surface area contributed by atoms with Crippen molar-refractivity contribution in [2.24, 2.45) is 0 Å². The third-order valence-electron chi connectivity index (χ3n) is 3.04. The molecule has 1 fully saturated rings. The second-order valence-electron chi connectivity index (χ2n) is 4.11. The van der Waals surface area contributed by atoms with Crippen molar-refractivity contribution in [2.75, 3.05) is 5.73 Å². The van der Waals surface area contributed by atoms with Crippen molar-refractivity contribution < 1.29 is 0 Å². The van der Waals surface area contributed by atoms with E-state index >= 15 is 0 Å². The van der Waals surface area contributed by atoms with Gasteiger partial charge in [-0.15, -0.1) is 0 Å². The van der Waals surface area contributed by atoms with Crippen molar-refractivity contribution in [3.8, 4) is 0 Å². The standard InChI is InChI=1S/C12H13N3/c13-12-7-11(14-15-12)10-6-9(10)8-4-2-1-3-5-8/h1-5,7,9-10H,6H2,(H3,13,14,15)/t9?,10-/m0/s1. The molecule has 1 aromatic carbocycles. The van der Waals surface area contributed by atoms with Gasteiger partial charge in [0.25, 0.3) is 0 Å². The molecule has 3 rings (SSSR count). The summed E-state index contributed by atoms with van der Waals surface area (Å²) in [6.45, 7) is 0. The van der Waals surface area contributed by atoms with Crippen molar-refractivity contribution >= 4 is 5.82 Å². The Morgan fingerprint density at radius 1 is 1.20 bits per heavy atom. The Morgan fingerprint density at radius 3 is 2.67 bits per heavy atom. The molecule has 3 nitrogen and oxygen atoms in total. The van der Waals surface area contributed by atoms with E-state index in [1.54, 1.807) is 0 Å². The molecular weight excluding hydrogens is 186 g/mol. The molecular formula is C12H13N3. The zero-order valence-corrected chi connectivity index (χ0v) is 8.35. The van der Waals surface area contributed by atoms with Crippen LogP contribution in [-0.2, 0) is 0 Å². The largest absolute Gasteiger partial charge is 0.382 e. The molecule has 76 valence electrons. The number of aromatic amines is 1. The number of aromatic nitrogens is 2. The predicted molar refractivity (Wildman–Crippen MR) is 59.5 cm³/mol. The van der Waals surface area contributed by atoms with Gasteiger partial charge in [-0.2, -0.15) is 5.10 Å². The zero-order valence-electron chi connectivity index (χ0n) is 8.35. The highest BCUT2D eigenvalue weighted by Gasteiger charge is 2.40. The minimum atomic E-state index is 0.581. The average Bonchev–Trinajstić information content (AvgIpc) is 2.96. The van der Waals surface area contributed by atoms with Crippen molar-refractivity contribution in [1.29, 1.82) is 0 Å². The van der Waals surface area contributed by atoms with Crippen LogP contribution in [0.15, 0.2) is 36.4 Å². The highest BCUT2D eigenvalue weighted by atomic mass is 15.2. The first-order chi connectivity index (χ1) is 7.34. The van der Waals surface area contributed by atoms with E-state index < -0.39 is 0 Å². The SMILES string of the molecule is Nc1cc([C@H]2CC2c2ccccc2)[nH]n1. The summed E-state index contributed by atoms with van der Waals surface area (Å²) in [5.41, 5.74) is 8.17. The van der Waals surface area contributed by atoms with Crippen LogP contribution in [0.5, 0.6) is 0 Å². The van der Waals surface area contributed by atoms with Crippen molar-refractivity contribution in [1.82, 2.24) is 10.2 Å². The number of hydrogen-bond donors (Lipinski definition) is 2. The number of nitrogen functional groups attached to an aromatic ring is 1. The Morgan fingerprint density at radius 2 is 2.00 bits per heavy atom. The predicted octanol–water partition coefficient (Wildman–Crippen LogP) is 2.26. The highest BCUT2D eigenvalue weighted by Crippen LogP contribution is 2.54. The first-order valence-electron chi connectivity index (χ1n) is 5.20. The fraction of sp³-hybridized carbons (Fsp3) is 0.250. The van der Waals surface area contributed by atoms with Crippen LogP contribution in [0.1, 0.15) is 29.5 Å². The molecule has 0 amide bonds. The van der Waals surface area contributed by atoms with Crippen LogP contribution in [0, 0.1) is 0 Å². The van der Waals surface area contributed by atoms with E-state index in [9.17, 15) is 0 Å². The Bertz CT molecular complexity index is 461. The van der Waals surface area contributed by atoms with Crippen molar-refractivity contribution in [3.05, 3.63) is 47.7 Å². The van der Waals surface area contributed by atoms with E-state index in [2.05, 4.69) is 40.5 Å². The van der Waals surface area contributed by atoms with Crippen LogP contribution in [0.2, 0.25) is 0 Å². The van der Waals surface area contributed by atoms with Crippen LogP contribution in [0.25, 0.3) is 0 Å². The molecule has 0 radical (unpaired) electrons. The van der Waals surface area contributed by atoms with Gasteiger partial charge in [0.15, 0.2) is 0 Å². The summed E-state index contributed by atoms with van der Waals surface area (Å²) < 4.78 is 0. The molecule has 1 heterocycles. The summed E-state index contributed by atoms with van der Waals surface area (Å²) in [4.78, 5) is 0. The lowest BCUT2D eigenvalue weighted by molar-refractivity contribution is 0.934. The van der Waals surface area contributed by atoms with Gasteiger partial charge in [0.2, 0.25) is 0 Å². The van der Waals surface area contributed by atoms with E-state index in [4.69, 9.17) is 5.73 Å². The van der Waals surface area contributed by atoms with Crippen LogP contribution >= 0.6 is 0 Å². The Labute approximate surface area is 88.3 Å². The molecule has 0 aliphatic heterocycles. The first-order valence-corrected chi connectivity index (χ1v) is 5.20. The molecule has 1 unspecified atom stereocenters. The topological polar surface area (TPSA) is 54.7 Å². The molecule has 3 N–H and O–H groups in total. The maximum Gasteiger partial charge on any atom is 0.145 e. The van der Waals surface area contributed by atoms with Crippen LogP contribution in [0.4, 0.5) is 5.82 Å². The van der Waals surface area contributed by atoms with Crippen LogP contribution in [0.3, 0.4) is 0 Å². The maximum absolute atomic E-state index is 5.59. The lowest BCUT2D eigenvalue weighted by atomic mass is 10.1. The van der Waals surface area contributed by atoms with Gasteiger partial charge in [0.05, 0.1) is 0 Å². The normalized spacial score (nSPS) is 24.0. The van der Waals surface area contributed by atoms with Gasteiger partial charge in [-0.1, -0.05) is 30.3 Å². The maximum atomic E-state index is 5.59. The fourth-order valence-corrected chi connectivity index (χ4v) is 2.15. The van der Waals surface area contributed by atoms with Gasteiger partial charge in [0.1, 0.15) is 5.82 Å². The number of benzene rings is 1. The monoisotopic (exact) mass is 199 g/mol. The summed E-state index contributed by atoms with van der Waals surface area (Å²) in [5, 5.41) is 6.95. The molecule has 0 saturated heterocycles. The van der Waals surface area contributed by atoms with Gasteiger partial charge in [-0.05, 0) is 17.9 Å². The van der Waals surface area contributed by atoms with Crippen molar-refractivity contribution in [2.45, 2.75) is 18.3 Å². The van der Waals surface area contributed by atoms with E-state index in [0.717, 1.165) is 0 Å². The third-order valence-corrected chi connectivity index (χ3v) is 3.04. The molecule has 1 aromatic heterocycles. The van der Waals surface area contributed by atoms with Gasteiger partial charge in [-0.3, -0.25) is 5.10 Å².